The highest BCUT2D eigenvalue weighted by Crippen LogP contribution is 2.31. The van der Waals surface area contributed by atoms with Crippen molar-refractivity contribution >= 4 is 17.6 Å². The number of urea groups is 1. The van der Waals surface area contributed by atoms with Gasteiger partial charge in [-0.05, 0) is 55.7 Å². The first-order valence-electron chi connectivity index (χ1n) is 10.8. The largest absolute Gasteiger partial charge is 0.341 e. The topological polar surface area (TPSA) is 55.9 Å². The molecule has 0 aromatic heterocycles. The molecule has 1 aromatic carbocycles. The van der Waals surface area contributed by atoms with E-state index < -0.39 is 0 Å². The van der Waals surface area contributed by atoms with E-state index in [-0.39, 0.29) is 12.1 Å². The van der Waals surface area contributed by atoms with E-state index in [9.17, 15) is 9.59 Å². The molecule has 2 aliphatic heterocycles. The maximum atomic E-state index is 12.8. The van der Waals surface area contributed by atoms with Crippen LogP contribution >= 0.6 is 0 Å². The minimum absolute atomic E-state index is 0.0167. The highest BCUT2D eigenvalue weighted by atomic mass is 16.2. The average Bonchev–Trinajstić information content (AvgIpc) is 3.49. The average molecular weight is 385 g/mol. The number of aryl methyl sites for hydroxylation is 1. The van der Waals surface area contributed by atoms with E-state index in [2.05, 4.69) is 28.1 Å². The Labute approximate surface area is 167 Å². The molecule has 152 valence electrons. The molecular weight excluding hydrogens is 352 g/mol. The van der Waals surface area contributed by atoms with E-state index in [1.165, 1.54) is 18.4 Å². The molecule has 6 heteroatoms. The normalized spacial score (nSPS) is 23.8. The summed E-state index contributed by atoms with van der Waals surface area (Å²) in [7, 11) is 0. The van der Waals surface area contributed by atoms with Crippen LogP contribution in [0.1, 0.15) is 38.2 Å². The second-order valence-electron chi connectivity index (χ2n) is 8.39. The van der Waals surface area contributed by atoms with E-state index in [0.717, 1.165) is 63.6 Å². The fourth-order valence-corrected chi connectivity index (χ4v) is 4.38. The van der Waals surface area contributed by atoms with Gasteiger partial charge in [-0.1, -0.05) is 19.1 Å². The van der Waals surface area contributed by atoms with Crippen LogP contribution in [0.4, 0.5) is 10.5 Å². The highest BCUT2D eigenvalue weighted by Gasteiger charge is 2.38. The Kier molecular flexibility index (Phi) is 5.85. The van der Waals surface area contributed by atoms with Gasteiger partial charge in [-0.15, -0.1) is 0 Å². The fourth-order valence-electron chi connectivity index (χ4n) is 4.38. The number of hydrogen-bond acceptors (Lipinski definition) is 3. The molecule has 0 spiro atoms. The first-order valence-corrected chi connectivity index (χ1v) is 10.8. The summed E-state index contributed by atoms with van der Waals surface area (Å²) in [5.41, 5.74) is 2.07. The van der Waals surface area contributed by atoms with Crippen LogP contribution in [0.15, 0.2) is 24.3 Å². The van der Waals surface area contributed by atoms with Gasteiger partial charge in [0.15, 0.2) is 0 Å². The first-order chi connectivity index (χ1) is 13.6. The molecular formula is C22H32N4O2. The maximum Gasteiger partial charge on any atom is 0.321 e. The minimum Gasteiger partial charge on any atom is -0.341 e. The van der Waals surface area contributed by atoms with Crippen molar-refractivity contribution in [3.63, 3.8) is 0 Å². The van der Waals surface area contributed by atoms with E-state index in [4.69, 9.17) is 0 Å². The smallest absolute Gasteiger partial charge is 0.321 e. The van der Waals surface area contributed by atoms with Crippen LogP contribution in [-0.4, -0.2) is 71.9 Å². The zero-order valence-corrected chi connectivity index (χ0v) is 16.9. The van der Waals surface area contributed by atoms with Gasteiger partial charge in [-0.3, -0.25) is 9.69 Å². The Morgan fingerprint density at radius 2 is 1.96 bits per heavy atom. The standard InChI is InChI=1S/C22H32N4O2/c1-2-17-5-3-6-19(15-17)23-22(28)25-11-4-10-24(13-14-25)20-9-12-26(21(20)27)16-18-7-8-18/h3,5-6,15,18,20H,2,4,7-14,16H2,1H3,(H,23,28). The molecule has 0 bridgehead atoms. The lowest BCUT2D eigenvalue weighted by atomic mass is 10.1. The van der Waals surface area contributed by atoms with Crippen molar-refractivity contribution in [2.45, 2.75) is 45.1 Å². The van der Waals surface area contributed by atoms with E-state index in [1.54, 1.807) is 0 Å². The van der Waals surface area contributed by atoms with Crippen molar-refractivity contribution in [2.75, 3.05) is 44.6 Å². The van der Waals surface area contributed by atoms with Gasteiger partial charge in [0.05, 0.1) is 6.04 Å². The maximum absolute atomic E-state index is 12.8. The highest BCUT2D eigenvalue weighted by molar-refractivity contribution is 5.89. The molecule has 1 saturated carbocycles. The van der Waals surface area contributed by atoms with Gasteiger partial charge in [0.2, 0.25) is 5.91 Å². The van der Waals surface area contributed by atoms with Gasteiger partial charge in [-0.25, -0.2) is 4.79 Å². The third-order valence-corrected chi connectivity index (χ3v) is 6.29. The monoisotopic (exact) mass is 384 g/mol. The zero-order chi connectivity index (χ0) is 19.5. The van der Waals surface area contributed by atoms with E-state index in [0.29, 0.717) is 12.5 Å². The van der Waals surface area contributed by atoms with Crippen LogP contribution in [0, 0.1) is 5.92 Å². The summed E-state index contributed by atoms with van der Waals surface area (Å²) in [4.78, 5) is 31.8. The van der Waals surface area contributed by atoms with E-state index in [1.807, 2.05) is 23.1 Å². The SMILES string of the molecule is CCc1cccc(NC(=O)N2CCCN(C3CCN(CC4CC4)C3=O)CC2)c1. The second-order valence-corrected chi connectivity index (χ2v) is 8.39. The number of likely N-dealkylation sites (tertiary alicyclic amines) is 1. The molecule has 1 aromatic rings. The summed E-state index contributed by atoms with van der Waals surface area (Å²) in [5, 5.41) is 3.04. The van der Waals surface area contributed by atoms with Gasteiger partial charge in [0.25, 0.3) is 0 Å². The number of carbonyl (C=O) groups excluding carboxylic acids is 2. The Morgan fingerprint density at radius 1 is 1.11 bits per heavy atom. The minimum atomic E-state index is -0.0387. The summed E-state index contributed by atoms with van der Waals surface area (Å²) in [6, 6.07) is 8.01. The molecule has 1 unspecified atom stereocenters. The summed E-state index contributed by atoms with van der Waals surface area (Å²) in [6.45, 7) is 7.04. The summed E-state index contributed by atoms with van der Waals surface area (Å²) >= 11 is 0. The molecule has 1 N–H and O–H groups in total. The molecule has 6 nitrogen and oxygen atoms in total. The number of amides is 3. The van der Waals surface area contributed by atoms with Crippen LogP contribution < -0.4 is 5.32 Å². The van der Waals surface area contributed by atoms with Crippen LogP contribution in [0.3, 0.4) is 0 Å². The Hall–Kier alpha value is -2.08. The second kappa shape index (κ2) is 8.52. The van der Waals surface area contributed by atoms with Crippen LogP contribution in [0.2, 0.25) is 0 Å². The van der Waals surface area contributed by atoms with Crippen LogP contribution in [-0.2, 0) is 11.2 Å². The zero-order valence-electron chi connectivity index (χ0n) is 16.9. The number of rotatable bonds is 5. The number of benzene rings is 1. The molecule has 0 radical (unpaired) electrons. The predicted octanol–water partition coefficient (Wildman–Crippen LogP) is 2.80. The lowest BCUT2D eigenvalue weighted by Gasteiger charge is -2.26. The van der Waals surface area contributed by atoms with Crippen molar-refractivity contribution in [3.8, 4) is 0 Å². The van der Waals surface area contributed by atoms with E-state index >= 15 is 0 Å². The molecule has 1 atom stereocenters. The molecule has 2 heterocycles. The number of carbonyl (C=O) groups is 2. The lowest BCUT2D eigenvalue weighted by Crippen LogP contribution is -2.44. The van der Waals surface area contributed by atoms with Gasteiger partial charge in [-0.2, -0.15) is 0 Å². The van der Waals surface area contributed by atoms with Gasteiger partial charge in [0.1, 0.15) is 0 Å². The lowest BCUT2D eigenvalue weighted by molar-refractivity contribution is -0.132. The molecule has 3 aliphatic rings. The summed E-state index contributed by atoms with van der Waals surface area (Å²) in [6.07, 6.45) is 5.36. The van der Waals surface area contributed by atoms with Crippen molar-refractivity contribution in [2.24, 2.45) is 5.92 Å². The quantitative estimate of drug-likeness (QED) is 0.849. The third kappa shape index (κ3) is 4.49. The molecule has 3 fully saturated rings. The fraction of sp³-hybridized carbons (Fsp3) is 0.636. The number of hydrogen-bond donors (Lipinski definition) is 1. The van der Waals surface area contributed by atoms with Crippen molar-refractivity contribution in [1.82, 2.24) is 14.7 Å². The van der Waals surface area contributed by atoms with Crippen molar-refractivity contribution < 1.29 is 9.59 Å². The van der Waals surface area contributed by atoms with Crippen LogP contribution in [0.5, 0.6) is 0 Å². The van der Waals surface area contributed by atoms with Crippen molar-refractivity contribution in [1.29, 1.82) is 0 Å². The molecule has 4 rings (SSSR count). The number of nitrogens with one attached hydrogen (secondary N) is 1. The Bertz CT molecular complexity index is 718. The molecule has 2 saturated heterocycles. The van der Waals surface area contributed by atoms with Gasteiger partial charge >= 0.3 is 6.03 Å². The third-order valence-electron chi connectivity index (χ3n) is 6.29. The predicted molar refractivity (Wildman–Crippen MR) is 110 cm³/mol. The van der Waals surface area contributed by atoms with Gasteiger partial charge in [0, 0.05) is 45.0 Å². The Balaban J connectivity index is 1.30. The Morgan fingerprint density at radius 3 is 2.75 bits per heavy atom. The number of nitrogens with zero attached hydrogens (tertiary/aromatic N) is 3. The summed E-state index contributed by atoms with van der Waals surface area (Å²) < 4.78 is 0. The van der Waals surface area contributed by atoms with Gasteiger partial charge < -0.3 is 15.1 Å². The first kappa shape index (κ1) is 19.2. The molecule has 1 aliphatic carbocycles. The van der Waals surface area contributed by atoms with Crippen molar-refractivity contribution in [3.05, 3.63) is 29.8 Å². The van der Waals surface area contributed by atoms with Crippen LogP contribution in [0.25, 0.3) is 0 Å². The molecule has 3 amide bonds. The summed E-state index contributed by atoms with van der Waals surface area (Å²) in [5.74, 6) is 1.05. The molecule has 28 heavy (non-hydrogen) atoms. The number of anilines is 1.